The highest BCUT2D eigenvalue weighted by molar-refractivity contribution is 6.35. The van der Waals surface area contributed by atoms with Crippen molar-refractivity contribution >= 4 is 52.1 Å². The monoisotopic (exact) mass is 493 g/mol. The summed E-state index contributed by atoms with van der Waals surface area (Å²) in [7, 11) is 0. The summed E-state index contributed by atoms with van der Waals surface area (Å²) in [6, 6.07) is 11.6. The zero-order valence-corrected chi connectivity index (χ0v) is 20.7. The van der Waals surface area contributed by atoms with E-state index in [9.17, 15) is 4.79 Å². The van der Waals surface area contributed by atoms with Gasteiger partial charge in [-0.3, -0.25) is 4.79 Å². The molecular weight excluding hydrogens is 465 g/mol. The number of likely N-dealkylation sites (tertiary alicyclic amines) is 1. The molecule has 0 saturated carbocycles. The van der Waals surface area contributed by atoms with Gasteiger partial charge in [0.05, 0.1) is 16.8 Å². The van der Waals surface area contributed by atoms with Crippen molar-refractivity contribution < 1.29 is 4.79 Å². The molecule has 2 aliphatic rings. The van der Waals surface area contributed by atoms with Crippen LogP contribution in [-0.4, -0.2) is 37.0 Å². The van der Waals surface area contributed by atoms with E-state index in [0.29, 0.717) is 21.0 Å². The normalized spacial score (nSPS) is 18.5. The largest absolute Gasteiger partial charge is 0.377 e. The number of anilines is 2. The van der Waals surface area contributed by atoms with E-state index in [2.05, 4.69) is 34.2 Å². The molecule has 2 aliphatic heterocycles. The van der Waals surface area contributed by atoms with E-state index >= 15 is 0 Å². The summed E-state index contributed by atoms with van der Waals surface area (Å²) in [4.78, 5) is 17.3. The number of carbonyl (C=O) groups is 1. The van der Waals surface area contributed by atoms with Crippen LogP contribution in [0.1, 0.15) is 50.6 Å². The Hall–Kier alpha value is -1.62. The zero-order chi connectivity index (χ0) is 22.7. The van der Waals surface area contributed by atoms with Crippen molar-refractivity contribution in [1.82, 2.24) is 4.90 Å². The molecular formula is C25H30Cl3N3O. The summed E-state index contributed by atoms with van der Waals surface area (Å²) < 4.78 is 0. The highest BCUT2D eigenvalue weighted by atomic mass is 35.5. The van der Waals surface area contributed by atoms with E-state index in [1.807, 2.05) is 18.2 Å². The molecule has 1 amide bonds. The maximum atomic E-state index is 12.9. The number of hydrogen-bond acceptors (Lipinski definition) is 3. The van der Waals surface area contributed by atoms with E-state index in [0.717, 1.165) is 68.8 Å². The molecule has 2 heterocycles. The number of benzene rings is 2. The molecule has 7 heteroatoms. The smallest absolute Gasteiger partial charge is 0.225 e. The average Bonchev–Trinajstić information content (AvgIpc) is 2.80. The van der Waals surface area contributed by atoms with Crippen LogP contribution in [0, 0.1) is 5.92 Å². The second-order valence-electron chi connectivity index (χ2n) is 8.84. The van der Waals surface area contributed by atoms with Gasteiger partial charge in [-0.25, -0.2) is 0 Å². The molecule has 0 bridgehead atoms. The van der Waals surface area contributed by atoms with E-state index in [1.165, 1.54) is 6.42 Å². The lowest BCUT2D eigenvalue weighted by Crippen LogP contribution is -2.44. The Labute approximate surface area is 205 Å². The predicted octanol–water partition coefficient (Wildman–Crippen LogP) is 7.05. The minimum absolute atomic E-state index is 0.0274. The van der Waals surface area contributed by atoms with Crippen molar-refractivity contribution in [3.63, 3.8) is 0 Å². The van der Waals surface area contributed by atoms with Crippen molar-refractivity contribution in [2.75, 3.05) is 36.4 Å². The van der Waals surface area contributed by atoms with Crippen LogP contribution < -0.4 is 10.2 Å². The molecule has 172 valence electrons. The Morgan fingerprint density at radius 1 is 0.938 bits per heavy atom. The first-order valence-electron chi connectivity index (χ1n) is 11.5. The van der Waals surface area contributed by atoms with Crippen LogP contribution in [0.25, 0.3) is 0 Å². The Morgan fingerprint density at radius 3 is 2.34 bits per heavy atom. The van der Waals surface area contributed by atoms with Gasteiger partial charge in [0.1, 0.15) is 0 Å². The van der Waals surface area contributed by atoms with Crippen LogP contribution in [0.5, 0.6) is 0 Å². The first-order chi connectivity index (χ1) is 15.4. The van der Waals surface area contributed by atoms with Crippen molar-refractivity contribution in [3.05, 3.63) is 57.0 Å². The van der Waals surface area contributed by atoms with Gasteiger partial charge >= 0.3 is 0 Å². The molecule has 4 rings (SSSR count). The molecule has 0 aromatic heterocycles. The third-order valence-electron chi connectivity index (χ3n) is 6.63. The number of nitrogens with zero attached hydrogens (tertiary/aromatic N) is 2. The molecule has 2 saturated heterocycles. The van der Waals surface area contributed by atoms with Crippen molar-refractivity contribution in [2.45, 2.75) is 45.1 Å². The number of hydrogen-bond donors (Lipinski definition) is 1. The highest BCUT2D eigenvalue weighted by Gasteiger charge is 2.29. The van der Waals surface area contributed by atoms with Gasteiger partial charge in [-0.1, -0.05) is 40.9 Å². The molecule has 1 N–H and O–H groups in total. The summed E-state index contributed by atoms with van der Waals surface area (Å²) in [5, 5.41) is 5.41. The maximum absolute atomic E-state index is 12.9. The molecule has 0 spiro atoms. The van der Waals surface area contributed by atoms with Crippen molar-refractivity contribution in [1.29, 1.82) is 0 Å². The third kappa shape index (κ3) is 5.47. The molecule has 0 aliphatic carbocycles. The van der Waals surface area contributed by atoms with Crippen LogP contribution in [0.3, 0.4) is 0 Å². The van der Waals surface area contributed by atoms with Gasteiger partial charge in [0.25, 0.3) is 0 Å². The van der Waals surface area contributed by atoms with E-state index in [1.54, 1.807) is 6.07 Å². The third-order valence-corrected chi connectivity index (χ3v) is 7.52. The standard InChI is InChI=1S/C25H30Cl3N3O/c1-17(21-7-5-19(26)15-23(21)28)29-24-16-20(6-8-22(24)27)30-13-9-18(10-14-30)25(32)31-11-3-2-4-12-31/h5-8,15-18,29H,2-4,9-14H2,1H3. The number of amides is 1. The molecule has 2 aromatic carbocycles. The molecule has 2 aromatic rings. The van der Waals surface area contributed by atoms with Gasteiger partial charge in [0.15, 0.2) is 0 Å². The SMILES string of the molecule is CC(Nc1cc(N2CCC(C(=O)N3CCCCC3)CC2)ccc1Cl)c1ccc(Cl)cc1Cl. The second kappa shape index (κ2) is 10.5. The topological polar surface area (TPSA) is 35.6 Å². The lowest BCUT2D eigenvalue weighted by Gasteiger charge is -2.36. The van der Waals surface area contributed by atoms with Crippen molar-refractivity contribution in [3.8, 4) is 0 Å². The number of carbonyl (C=O) groups excluding carboxylic acids is 1. The number of piperidine rings is 2. The van der Waals surface area contributed by atoms with Crippen LogP contribution in [0.4, 0.5) is 11.4 Å². The van der Waals surface area contributed by atoms with Gasteiger partial charge in [0, 0.05) is 47.8 Å². The molecule has 0 radical (unpaired) electrons. The summed E-state index contributed by atoms with van der Waals surface area (Å²) in [6.07, 6.45) is 5.34. The van der Waals surface area contributed by atoms with Crippen molar-refractivity contribution in [2.24, 2.45) is 5.92 Å². The molecule has 2 fully saturated rings. The van der Waals surface area contributed by atoms with Crippen LogP contribution in [-0.2, 0) is 4.79 Å². The van der Waals surface area contributed by atoms with E-state index < -0.39 is 0 Å². The maximum Gasteiger partial charge on any atom is 0.225 e. The fourth-order valence-corrected chi connectivity index (χ4v) is 5.49. The molecule has 1 atom stereocenters. The summed E-state index contributed by atoms with van der Waals surface area (Å²) in [5.74, 6) is 0.512. The van der Waals surface area contributed by atoms with Gasteiger partial charge in [0.2, 0.25) is 5.91 Å². The zero-order valence-electron chi connectivity index (χ0n) is 18.4. The van der Waals surface area contributed by atoms with Crippen LogP contribution in [0.2, 0.25) is 15.1 Å². The lowest BCUT2D eigenvalue weighted by atomic mass is 9.94. The summed E-state index contributed by atoms with van der Waals surface area (Å²) in [5.41, 5.74) is 2.96. The fraction of sp³-hybridized carbons (Fsp3) is 0.480. The predicted molar refractivity (Wildman–Crippen MR) is 135 cm³/mol. The number of halogens is 3. The molecule has 32 heavy (non-hydrogen) atoms. The van der Waals surface area contributed by atoms with Gasteiger partial charge in [-0.05, 0) is 74.9 Å². The lowest BCUT2D eigenvalue weighted by molar-refractivity contribution is -0.137. The first kappa shape index (κ1) is 23.5. The Kier molecular flexibility index (Phi) is 7.75. The minimum Gasteiger partial charge on any atom is -0.377 e. The highest BCUT2D eigenvalue weighted by Crippen LogP contribution is 2.34. The Balaban J connectivity index is 1.40. The molecule has 1 unspecified atom stereocenters. The number of rotatable bonds is 5. The minimum atomic E-state index is -0.0274. The Morgan fingerprint density at radius 2 is 1.66 bits per heavy atom. The van der Waals surface area contributed by atoms with Crippen LogP contribution >= 0.6 is 34.8 Å². The Bertz CT molecular complexity index is 953. The summed E-state index contributed by atoms with van der Waals surface area (Å²) in [6.45, 7) is 5.67. The average molecular weight is 495 g/mol. The van der Waals surface area contributed by atoms with Gasteiger partial charge < -0.3 is 15.1 Å². The van der Waals surface area contributed by atoms with Gasteiger partial charge in [-0.15, -0.1) is 0 Å². The number of nitrogens with one attached hydrogen (secondary N) is 1. The quantitative estimate of drug-likeness (QED) is 0.484. The molecule has 4 nitrogen and oxygen atoms in total. The van der Waals surface area contributed by atoms with Crippen LogP contribution in [0.15, 0.2) is 36.4 Å². The van der Waals surface area contributed by atoms with Gasteiger partial charge in [-0.2, -0.15) is 0 Å². The van der Waals surface area contributed by atoms with E-state index in [4.69, 9.17) is 34.8 Å². The summed E-state index contributed by atoms with van der Waals surface area (Å²) >= 11 is 18.9. The fourth-order valence-electron chi connectivity index (χ4n) is 4.74. The second-order valence-corrected chi connectivity index (χ2v) is 10.1. The first-order valence-corrected chi connectivity index (χ1v) is 12.6. The van der Waals surface area contributed by atoms with E-state index in [-0.39, 0.29) is 12.0 Å².